The van der Waals surface area contributed by atoms with Crippen molar-refractivity contribution in [2.45, 2.75) is 12.0 Å². The van der Waals surface area contributed by atoms with E-state index in [0.29, 0.717) is 6.61 Å². The van der Waals surface area contributed by atoms with Crippen molar-refractivity contribution >= 4 is 0 Å². The number of aliphatic hydroxyl groups is 1. The van der Waals surface area contributed by atoms with E-state index in [0.717, 1.165) is 17.7 Å². The van der Waals surface area contributed by atoms with Crippen LogP contribution in [0.25, 0.3) is 0 Å². The van der Waals surface area contributed by atoms with E-state index < -0.39 is 0 Å². The van der Waals surface area contributed by atoms with E-state index in [2.05, 4.69) is 5.32 Å². The minimum absolute atomic E-state index is 0.101. The number of fused-ring (bicyclic) bond motifs is 1. The number of para-hydroxylation sites is 1. The SMILES string of the molecule is CNC1(CO)CCOc2ccccc21. The number of benzene rings is 1. The minimum Gasteiger partial charge on any atom is -0.493 e. The van der Waals surface area contributed by atoms with Gasteiger partial charge in [0, 0.05) is 12.0 Å². The van der Waals surface area contributed by atoms with Crippen molar-refractivity contribution in [1.29, 1.82) is 0 Å². The van der Waals surface area contributed by atoms with Crippen molar-refractivity contribution in [2.24, 2.45) is 0 Å². The second-order valence-corrected chi connectivity index (χ2v) is 3.58. The Morgan fingerprint density at radius 3 is 3.00 bits per heavy atom. The van der Waals surface area contributed by atoms with Crippen molar-refractivity contribution in [3.05, 3.63) is 29.8 Å². The van der Waals surface area contributed by atoms with Gasteiger partial charge in [-0.25, -0.2) is 0 Å². The predicted molar refractivity (Wildman–Crippen MR) is 54.4 cm³/mol. The molecule has 1 aliphatic heterocycles. The van der Waals surface area contributed by atoms with E-state index in [1.165, 1.54) is 0 Å². The third-order valence-corrected chi connectivity index (χ3v) is 2.94. The zero-order chi connectivity index (χ0) is 10.0. The first-order valence-electron chi connectivity index (χ1n) is 4.84. The summed E-state index contributed by atoms with van der Waals surface area (Å²) in [7, 11) is 1.87. The van der Waals surface area contributed by atoms with E-state index in [4.69, 9.17) is 4.74 Å². The van der Waals surface area contributed by atoms with Crippen molar-refractivity contribution in [1.82, 2.24) is 5.32 Å². The van der Waals surface area contributed by atoms with Gasteiger partial charge in [-0.2, -0.15) is 0 Å². The van der Waals surface area contributed by atoms with E-state index in [9.17, 15) is 5.11 Å². The summed E-state index contributed by atoms with van der Waals surface area (Å²) in [6, 6.07) is 7.86. The number of aliphatic hydroxyl groups excluding tert-OH is 1. The summed E-state index contributed by atoms with van der Waals surface area (Å²) in [6.45, 7) is 0.752. The Hall–Kier alpha value is -1.06. The molecular weight excluding hydrogens is 178 g/mol. The molecule has 0 fully saturated rings. The molecule has 0 radical (unpaired) electrons. The first-order chi connectivity index (χ1) is 6.82. The second-order valence-electron chi connectivity index (χ2n) is 3.58. The molecule has 1 atom stereocenters. The third kappa shape index (κ3) is 1.29. The van der Waals surface area contributed by atoms with Crippen molar-refractivity contribution in [3.8, 4) is 5.75 Å². The van der Waals surface area contributed by atoms with Crippen LogP contribution in [0.2, 0.25) is 0 Å². The highest BCUT2D eigenvalue weighted by Crippen LogP contribution is 2.35. The van der Waals surface area contributed by atoms with Crippen molar-refractivity contribution < 1.29 is 9.84 Å². The summed E-state index contributed by atoms with van der Waals surface area (Å²) in [5, 5.41) is 12.7. The lowest BCUT2D eigenvalue weighted by Gasteiger charge is -2.37. The lowest BCUT2D eigenvalue weighted by atomic mass is 9.85. The van der Waals surface area contributed by atoms with Gasteiger partial charge in [-0.15, -0.1) is 0 Å². The van der Waals surface area contributed by atoms with Crippen LogP contribution >= 0.6 is 0 Å². The minimum atomic E-state index is -0.325. The smallest absolute Gasteiger partial charge is 0.124 e. The van der Waals surface area contributed by atoms with Crippen molar-refractivity contribution in [2.75, 3.05) is 20.3 Å². The molecule has 76 valence electrons. The highest BCUT2D eigenvalue weighted by Gasteiger charge is 2.35. The van der Waals surface area contributed by atoms with Crippen LogP contribution in [0.4, 0.5) is 0 Å². The Labute approximate surface area is 83.7 Å². The fourth-order valence-electron chi connectivity index (χ4n) is 1.96. The molecule has 0 saturated carbocycles. The quantitative estimate of drug-likeness (QED) is 0.732. The number of nitrogens with one attached hydrogen (secondary N) is 1. The van der Waals surface area contributed by atoms with E-state index in [1.807, 2.05) is 31.3 Å². The first kappa shape index (κ1) is 9.49. The molecule has 0 amide bonds. The predicted octanol–water partition coefficient (Wildman–Crippen LogP) is 0.876. The Morgan fingerprint density at radius 1 is 1.50 bits per heavy atom. The average Bonchev–Trinajstić information content (AvgIpc) is 2.28. The number of rotatable bonds is 2. The second kappa shape index (κ2) is 3.59. The van der Waals surface area contributed by atoms with Crippen LogP contribution in [-0.4, -0.2) is 25.4 Å². The highest BCUT2D eigenvalue weighted by atomic mass is 16.5. The molecule has 3 heteroatoms. The van der Waals surface area contributed by atoms with Gasteiger partial charge in [0.1, 0.15) is 5.75 Å². The van der Waals surface area contributed by atoms with Gasteiger partial charge < -0.3 is 15.2 Å². The maximum Gasteiger partial charge on any atom is 0.124 e. The standard InChI is InChI=1S/C11H15NO2/c1-12-11(8-13)6-7-14-10-5-3-2-4-9(10)11/h2-5,12-13H,6-8H2,1H3. The monoisotopic (exact) mass is 193 g/mol. The largest absolute Gasteiger partial charge is 0.493 e. The topological polar surface area (TPSA) is 41.5 Å². The van der Waals surface area contributed by atoms with Gasteiger partial charge in [-0.3, -0.25) is 0 Å². The number of hydrogen-bond donors (Lipinski definition) is 2. The summed E-state index contributed by atoms with van der Waals surface area (Å²) in [4.78, 5) is 0. The number of likely N-dealkylation sites (N-methyl/N-ethyl adjacent to an activating group) is 1. The van der Waals surface area contributed by atoms with Crippen LogP contribution in [0.15, 0.2) is 24.3 Å². The van der Waals surface area contributed by atoms with Crippen LogP contribution in [-0.2, 0) is 5.54 Å². The van der Waals surface area contributed by atoms with Gasteiger partial charge >= 0.3 is 0 Å². The lowest BCUT2D eigenvalue weighted by Crippen LogP contribution is -2.47. The zero-order valence-electron chi connectivity index (χ0n) is 8.29. The van der Waals surface area contributed by atoms with E-state index in [-0.39, 0.29) is 12.1 Å². The summed E-state index contributed by atoms with van der Waals surface area (Å²) >= 11 is 0. The zero-order valence-corrected chi connectivity index (χ0v) is 8.29. The van der Waals surface area contributed by atoms with Crippen molar-refractivity contribution in [3.63, 3.8) is 0 Å². The maximum atomic E-state index is 9.47. The molecule has 14 heavy (non-hydrogen) atoms. The summed E-state index contributed by atoms with van der Waals surface area (Å²) in [6.07, 6.45) is 0.803. The Morgan fingerprint density at radius 2 is 2.29 bits per heavy atom. The van der Waals surface area contributed by atoms with Crippen LogP contribution in [0, 0.1) is 0 Å². The van der Waals surface area contributed by atoms with Gasteiger partial charge in [0.15, 0.2) is 0 Å². The molecule has 2 rings (SSSR count). The molecule has 0 saturated heterocycles. The molecule has 2 N–H and O–H groups in total. The third-order valence-electron chi connectivity index (χ3n) is 2.94. The molecule has 1 aromatic carbocycles. The molecule has 0 bridgehead atoms. The molecule has 3 nitrogen and oxygen atoms in total. The van der Waals surface area contributed by atoms with E-state index in [1.54, 1.807) is 0 Å². The van der Waals surface area contributed by atoms with E-state index >= 15 is 0 Å². The maximum absolute atomic E-state index is 9.47. The molecule has 0 spiro atoms. The van der Waals surface area contributed by atoms with Crippen LogP contribution in [0.5, 0.6) is 5.75 Å². The van der Waals surface area contributed by atoms with Gasteiger partial charge in [0.05, 0.1) is 18.8 Å². The number of hydrogen-bond acceptors (Lipinski definition) is 3. The van der Waals surface area contributed by atoms with Gasteiger partial charge in [-0.1, -0.05) is 18.2 Å². The van der Waals surface area contributed by atoms with Crippen LogP contribution < -0.4 is 10.1 Å². The molecule has 1 aromatic rings. The van der Waals surface area contributed by atoms with Crippen LogP contribution in [0.3, 0.4) is 0 Å². The molecule has 0 aliphatic carbocycles. The number of ether oxygens (including phenoxy) is 1. The molecule has 1 aliphatic rings. The lowest BCUT2D eigenvalue weighted by molar-refractivity contribution is 0.114. The van der Waals surface area contributed by atoms with Gasteiger partial charge in [0.2, 0.25) is 0 Å². The summed E-state index contributed by atoms with van der Waals surface area (Å²) in [5.74, 6) is 0.877. The Balaban J connectivity index is 2.48. The molecule has 1 unspecified atom stereocenters. The summed E-state index contributed by atoms with van der Waals surface area (Å²) < 4.78 is 5.53. The molecular formula is C11H15NO2. The highest BCUT2D eigenvalue weighted by molar-refractivity contribution is 5.40. The van der Waals surface area contributed by atoms with Gasteiger partial charge in [0.25, 0.3) is 0 Å². The fourth-order valence-corrected chi connectivity index (χ4v) is 1.96. The molecule has 1 heterocycles. The van der Waals surface area contributed by atoms with Gasteiger partial charge in [-0.05, 0) is 13.1 Å². The fraction of sp³-hybridized carbons (Fsp3) is 0.455. The Bertz CT molecular complexity index is 321. The van der Waals surface area contributed by atoms with Crippen LogP contribution in [0.1, 0.15) is 12.0 Å². The normalized spacial score (nSPS) is 25.3. The summed E-state index contributed by atoms with van der Waals surface area (Å²) in [5.41, 5.74) is 0.728. The first-order valence-corrected chi connectivity index (χ1v) is 4.84. The Kier molecular flexibility index (Phi) is 2.44. The average molecular weight is 193 g/mol. The molecule has 0 aromatic heterocycles.